The minimum Gasteiger partial charge on any atom is -0.489 e. The first-order valence-corrected chi connectivity index (χ1v) is 8.87. The van der Waals surface area contributed by atoms with Crippen molar-refractivity contribution in [3.63, 3.8) is 0 Å². The van der Waals surface area contributed by atoms with Gasteiger partial charge in [0, 0.05) is 25.2 Å². The first-order valence-electron chi connectivity index (χ1n) is 8.87. The van der Waals surface area contributed by atoms with E-state index in [4.69, 9.17) is 4.74 Å². The zero-order chi connectivity index (χ0) is 16.5. The van der Waals surface area contributed by atoms with Crippen LogP contribution in [0, 0.1) is 0 Å². The molecule has 0 radical (unpaired) electrons. The van der Waals surface area contributed by atoms with E-state index in [-0.39, 0.29) is 17.8 Å². The van der Waals surface area contributed by atoms with Gasteiger partial charge in [0.25, 0.3) is 0 Å². The van der Waals surface area contributed by atoms with Gasteiger partial charge in [-0.25, -0.2) is 9.78 Å². The van der Waals surface area contributed by atoms with E-state index < -0.39 is 0 Å². The number of nitrogens with one attached hydrogen (secondary N) is 2. The number of hydrogen-bond donors (Lipinski definition) is 2. The zero-order valence-electron chi connectivity index (χ0n) is 14.1. The molecule has 0 bridgehead atoms. The van der Waals surface area contributed by atoms with Crippen molar-refractivity contribution in [3.05, 3.63) is 22.7 Å². The van der Waals surface area contributed by atoms with Gasteiger partial charge in [0.05, 0.1) is 11.7 Å². The molecule has 7 nitrogen and oxygen atoms in total. The molecule has 0 amide bonds. The van der Waals surface area contributed by atoms with Crippen LogP contribution in [-0.2, 0) is 0 Å². The zero-order valence-corrected chi connectivity index (χ0v) is 14.1. The highest BCUT2D eigenvalue weighted by Gasteiger charge is 2.22. The standard InChI is InChI=1S/C17H25N5O2/c1-21-8-4-13(5-9-21)24-14-10-15-16(19-11-14)20-17(23)22(15)12-2-6-18-7-3-12/h10-13,18H,2-9H2,1H3,(H,19,20,23). The van der Waals surface area contributed by atoms with Crippen LogP contribution in [0.2, 0.25) is 0 Å². The quantitative estimate of drug-likeness (QED) is 0.882. The maximum absolute atomic E-state index is 12.4. The minimum atomic E-state index is -0.0687. The molecule has 2 aromatic heterocycles. The molecule has 0 unspecified atom stereocenters. The summed E-state index contributed by atoms with van der Waals surface area (Å²) in [6, 6.07) is 2.20. The highest BCUT2D eigenvalue weighted by atomic mass is 16.5. The molecule has 0 spiro atoms. The van der Waals surface area contributed by atoms with Crippen LogP contribution in [0.15, 0.2) is 17.1 Å². The third kappa shape index (κ3) is 3.06. The first-order chi connectivity index (χ1) is 11.7. The van der Waals surface area contributed by atoms with Crippen molar-refractivity contribution < 1.29 is 4.74 Å². The Morgan fingerprint density at radius 2 is 1.96 bits per heavy atom. The molecule has 2 aliphatic heterocycles. The summed E-state index contributed by atoms with van der Waals surface area (Å²) < 4.78 is 8.00. The molecule has 2 N–H and O–H groups in total. The van der Waals surface area contributed by atoms with Crippen LogP contribution in [0.4, 0.5) is 0 Å². The molecule has 0 atom stereocenters. The fraction of sp³-hybridized carbons (Fsp3) is 0.647. The van der Waals surface area contributed by atoms with Crippen LogP contribution in [-0.4, -0.2) is 58.8 Å². The van der Waals surface area contributed by atoms with Gasteiger partial charge in [-0.2, -0.15) is 0 Å². The van der Waals surface area contributed by atoms with Gasteiger partial charge in [0.2, 0.25) is 0 Å². The monoisotopic (exact) mass is 331 g/mol. The lowest BCUT2D eigenvalue weighted by Gasteiger charge is -2.29. The summed E-state index contributed by atoms with van der Waals surface area (Å²) in [5, 5.41) is 3.34. The van der Waals surface area contributed by atoms with E-state index in [0.29, 0.717) is 5.65 Å². The van der Waals surface area contributed by atoms with Crippen LogP contribution in [0.1, 0.15) is 31.7 Å². The van der Waals surface area contributed by atoms with Crippen molar-refractivity contribution in [1.82, 2.24) is 24.8 Å². The second-order valence-electron chi connectivity index (χ2n) is 6.94. The molecule has 4 rings (SSSR count). The highest BCUT2D eigenvalue weighted by Crippen LogP contribution is 2.25. The highest BCUT2D eigenvalue weighted by molar-refractivity contribution is 5.72. The Bertz CT molecular complexity index is 754. The van der Waals surface area contributed by atoms with E-state index in [1.165, 1.54) is 0 Å². The van der Waals surface area contributed by atoms with Crippen molar-refractivity contribution in [3.8, 4) is 5.75 Å². The van der Waals surface area contributed by atoms with E-state index in [2.05, 4.69) is 27.2 Å². The second kappa shape index (κ2) is 6.57. The predicted octanol–water partition coefficient (Wildman–Crippen LogP) is 1.12. The minimum absolute atomic E-state index is 0.0687. The molecule has 0 aromatic carbocycles. The molecule has 2 saturated heterocycles. The number of aromatic nitrogens is 3. The van der Waals surface area contributed by atoms with Crippen LogP contribution in [0.25, 0.3) is 11.2 Å². The van der Waals surface area contributed by atoms with Crippen LogP contribution < -0.4 is 15.7 Å². The van der Waals surface area contributed by atoms with Crippen molar-refractivity contribution in [2.75, 3.05) is 33.2 Å². The molecule has 0 saturated carbocycles. The average Bonchev–Trinajstić information content (AvgIpc) is 2.93. The van der Waals surface area contributed by atoms with Gasteiger partial charge in [-0.3, -0.25) is 9.55 Å². The van der Waals surface area contributed by atoms with Crippen molar-refractivity contribution in [1.29, 1.82) is 0 Å². The van der Waals surface area contributed by atoms with Gasteiger partial charge >= 0.3 is 5.69 Å². The normalized spacial score (nSPS) is 21.4. The molecular weight excluding hydrogens is 306 g/mol. The third-order valence-electron chi connectivity index (χ3n) is 5.19. The second-order valence-corrected chi connectivity index (χ2v) is 6.94. The summed E-state index contributed by atoms with van der Waals surface area (Å²) in [4.78, 5) is 22.0. The number of nitrogens with zero attached hydrogens (tertiary/aromatic N) is 3. The van der Waals surface area contributed by atoms with Gasteiger partial charge < -0.3 is 15.0 Å². The molecule has 24 heavy (non-hydrogen) atoms. The molecule has 2 aliphatic rings. The van der Waals surface area contributed by atoms with E-state index in [0.717, 1.165) is 63.1 Å². The smallest absolute Gasteiger partial charge is 0.327 e. The Morgan fingerprint density at radius 3 is 2.71 bits per heavy atom. The molecule has 130 valence electrons. The van der Waals surface area contributed by atoms with E-state index in [9.17, 15) is 4.79 Å². The van der Waals surface area contributed by atoms with Gasteiger partial charge in [-0.1, -0.05) is 0 Å². The van der Waals surface area contributed by atoms with Gasteiger partial charge in [-0.15, -0.1) is 0 Å². The average molecular weight is 331 g/mol. The number of likely N-dealkylation sites (tertiary alicyclic amines) is 1. The number of pyridine rings is 1. The fourth-order valence-electron chi connectivity index (χ4n) is 3.77. The summed E-state index contributed by atoms with van der Waals surface area (Å²) in [7, 11) is 2.14. The number of rotatable bonds is 3. The number of imidazole rings is 1. The Balaban J connectivity index is 1.60. The van der Waals surface area contributed by atoms with Crippen molar-refractivity contribution >= 4 is 11.2 Å². The van der Waals surface area contributed by atoms with E-state index in [1.54, 1.807) is 6.20 Å². The van der Waals surface area contributed by atoms with Gasteiger partial charge in [0.15, 0.2) is 5.65 Å². The first kappa shape index (κ1) is 15.7. The summed E-state index contributed by atoms with van der Waals surface area (Å²) >= 11 is 0. The molecule has 0 aliphatic carbocycles. The lowest BCUT2D eigenvalue weighted by Crippen LogP contribution is -2.35. The maximum atomic E-state index is 12.4. The topological polar surface area (TPSA) is 75.2 Å². The number of hydrogen-bond acceptors (Lipinski definition) is 5. The Morgan fingerprint density at radius 1 is 1.21 bits per heavy atom. The lowest BCUT2D eigenvalue weighted by atomic mass is 10.1. The molecule has 4 heterocycles. The number of ether oxygens (including phenoxy) is 1. The largest absolute Gasteiger partial charge is 0.489 e. The van der Waals surface area contributed by atoms with Gasteiger partial charge in [0.1, 0.15) is 11.9 Å². The summed E-state index contributed by atoms with van der Waals surface area (Å²) in [5.74, 6) is 0.763. The number of fused-ring (bicyclic) bond motifs is 1. The van der Waals surface area contributed by atoms with Crippen molar-refractivity contribution in [2.24, 2.45) is 0 Å². The summed E-state index contributed by atoms with van der Waals surface area (Å²) in [6.07, 6.45) is 5.95. The fourth-order valence-corrected chi connectivity index (χ4v) is 3.77. The van der Waals surface area contributed by atoms with Crippen LogP contribution in [0.5, 0.6) is 5.75 Å². The Kier molecular flexibility index (Phi) is 4.28. The van der Waals surface area contributed by atoms with Crippen LogP contribution >= 0.6 is 0 Å². The van der Waals surface area contributed by atoms with Crippen molar-refractivity contribution in [2.45, 2.75) is 37.8 Å². The summed E-state index contributed by atoms with van der Waals surface area (Å²) in [6.45, 7) is 4.01. The predicted molar refractivity (Wildman–Crippen MR) is 92.6 cm³/mol. The number of aromatic amines is 1. The van der Waals surface area contributed by atoms with Gasteiger partial charge in [-0.05, 0) is 45.8 Å². The SMILES string of the molecule is CN1CCC(Oc2cnc3[nH]c(=O)n(C4CCNCC4)c3c2)CC1. The lowest BCUT2D eigenvalue weighted by molar-refractivity contribution is 0.114. The molecule has 2 aromatic rings. The van der Waals surface area contributed by atoms with Crippen LogP contribution in [0.3, 0.4) is 0 Å². The number of H-pyrrole nitrogens is 1. The summed E-state index contributed by atoms with van der Waals surface area (Å²) in [5.41, 5.74) is 1.44. The Hall–Kier alpha value is -1.86. The third-order valence-corrected chi connectivity index (χ3v) is 5.19. The molecule has 2 fully saturated rings. The molecular formula is C17H25N5O2. The maximum Gasteiger partial charge on any atom is 0.327 e. The van der Waals surface area contributed by atoms with E-state index >= 15 is 0 Å². The molecule has 7 heteroatoms. The van der Waals surface area contributed by atoms with E-state index in [1.807, 2.05) is 10.6 Å². The Labute approximate surface area is 141 Å². The number of piperidine rings is 2.